The molecule has 2 aliphatic carbocycles. The molecule has 0 spiro atoms. The van der Waals surface area contributed by atoms with Crippen molar-refractivity contribution < 1.29 is 9.72 Å². The van der Waals surface area contributed by atoms with E-state index in [1.807, 2.05) is 11.8 Å². The van der Waals surface area contributed by atoms with Crippen LogP contribution in [0.2, 0.25) is 0 Å². The zero-order valence-corrected chi connectivity index (χ0v) is 13.5. The second-order valence-corrected chi connectivity index (χ2v) is 6.60. The average Bonchev–Trinajstić information content (AvgIpc) is 3.42. The summed E-state index contributed by atoms with van der Waals surface area (Å²) in [5.41, 5.74) is 0.913. The number of anilines is 1. The van der Waals surface area contributed by atoms with Gasteiger partial charge in [0.05, 0.1) is 4.92 Å². The fourth-order valence-electron chi connectivity index (χ4n) is 2.73. The van der Waals surface area contributed by atoms with Gasteiger partial charge in [0.1, 0.15) is 5.69 Å². The predicted octanol–water partition coefficient (Wildman–Crippen LogP) is 3.43. The molecule has 2 aliphatic rings. The number of amides is 1. The standard InChI is InChI=1S/C17H23N3O3/c1-2-9-19(11-12-3-4-12)17(21)13-5-8-15(18-14-6-7-14)16(10-13)20(22)23/h5,8,10,12,14,18H,2-4,6-7,9,11H2,1H3. The lowest BCUT2D eigenvalue weighted by atomic mass is 10.1. The normalized spacial score (nSPS) is 16.9. The Morgan fingerprint density at radius 2 is 2.09 bits per heavy atom. The van der Waals surface area contributed by atoms with Crippen LogP contribution in [0.25, 0.3) is 0 Å². The zero-order chi connectivity index (χ0) is 16.4. The molecule has 0 aromatic heterocycles. The topological polar surface area (TPSA) is 75.5 Å². The summed E-state index contributed by atoms with van der Waals surface area (Å²) >= 11 is 0. The highest BCUT2D eigenvalue weighted by molar-refractivity contribution is 5.95. The van der Waals surface area contributed by atoms with Crippen molar-refractivity contribution in [1.82, 2.24) is 4.90 Å². The van der Waals surface area contributed by atoms with Crippen molar-refractivity contribution in [3.63, 3.8) is 0 Å². The maximum Gasteiger partial charge on any atom is 0.293 e. The van der Waals surface area contributed by atoms with Gasteiger partial charge < -0.3 is 10.2 Å². The van der Waals surface area contributed by atoms with Gasteiger partial charge in [-0.2, -0.15) is 0 Å². The number of nitrogens with one attached hydrogen (secondary N) is 1. The summed E-state index contributed by atoms with van der Waals surface area (Å²) in [6.07, 6.45) is 5.34. The summed E-state index contributed by atoms with van der Waals surface area (Å²) in [7, 11) is 0. The Morgan fingerprint density at radius 3 is 2.65 bits per heavy atom. The van der Waals surface area contributed by atoms with E-state index in [2.05, 4.69) is 5.32 Å². The van der Waals surface area contributed by atoms with Crippen LogP contribution in [0, 0.1) is 16.0 Å². The lowest BCUT2D eigenvalue weighted by molar-refractivity contribution is -0.384. The van der Waals surface area contributed by atoms with E-state index in [0.29, 0.717) is 29.8 Å². The number of hydrogen-bond donors (Lipinski definition) is 1. The first-order chi connectivity index (χ1) is 11.1. The summed E-state index contributed by atoms with van der Waals surface area (Å²) in [6.45, 7) is 3.51. The van der Waals surface area contributed by atoms with Crippen LogP contribution in [-0.4, -0.2) is 34.9 Å². The Hall–Kier alpha value is -2.11. The van der Waals surface area contributed by atoms with E-state index >= 15 is 0 Å². The molecule has 1 amide bonds. The predicted molar refractivity (Wildman–Crippen MR) is 88.7 cm³/mol. The maximum absolute atomic E-state index is 12.7. The molecule has 1 aromatic carbocycles. The maximum atomic E-state index is 12.7. The highest BCUT2D eigenvalue weighted by Crippen LogP contribution is 2.33. The van der Waals surface area contributed by atoms with E-state index in [1.165, 1.54) is 18.9 Å². The molecule has 1 N–H and O–H groups in total. The number of nitro groups is 1. The van der Waals surface area contributed by atoms with E-state index in [9.17, 15) is 14.9 Å². The molecule has 6 nitrogen and oxygen atoms in total. The number of benzene rings is 1. The van der Waals surface area contributed by atoms with Crippen molar-refractivity contribution in [2.45, 2.75) is 45.1 Å². The molecule has 0 bridgehead atoms. The van der Waals surface area contributed by atoms with Crippen molar-refractivity contribution in [2.24, 2.45) is 5.92 Å². The first kappa shape index (κ1) is 15.8. The minimum atomic E-state index is -0.410. The monoisotopic (exact) mass is 317 g/mol. The first-order valence-corrected chi connectivity index (χ1v) is 8.42. The van der Waals surface area contributed by atoms with E-state index in [-0.39, 0.29) is 11.6 Å². The van der Waals surface area contributed by atoms with Gasteiger partial charge in [0.15, 0.2) is 0 Å². The molecular formula is C17H23N3O3. The zero-order valence-electron chi connectivity index (χ0n) is 13.5. The van der Waals surface area contributed by atoms with Gasteiger partial charge in [0.2, 0.25) is 0 Å². The minimum Gasteiger partial charge on any atom is -0.377 e. The number of carbonyl (C=O) groups is 1. The Kier molecular flexibility index (Phi) is 4.50. The second kappa shape index (κ2) is 6.56. The summed E-state index contributed by atoms with van der Waals surface area (Å²) in [6, 6.07) is 5.13. The van der Waals surface area contributed by atoms with Crippen LogP contribution < -0.4 is 5.32 Å². The van der Waals surface area contributed by atoms with E-state index < -0.39 is 4.92 Å². The molecule has 0 unspecified atom stereocenters. The summed E-state index contributed by atoms with van der Waals surface area (Å²) < 4.78 is 0. The summed E-state index contributed by atoms with van der Waals surface area (Å²) in [5, 5.41) is 14.5. The fraction of sp³-hybridized carbons (Fsp3) is 0.588. The Labute approximate surface area is 136 Å². The molecule has 0 heterocycles. The molecular weight excluding hydrogens is 294 g/mol. The van der Waals surface area contributed by atoms with Crippen LogP contribution in [0.3, 0.4) is 0 Å². The number of nitrogens with zero attached hydrogens (tertiary/aromatic N) is 2. The van der Waals surface area contributed by atoms with Gasteiger partial charge >= 0.3 is 0 Å². The molecule has 1 aromatic rings. The van der Waals surface area contributed by atoms with Gasteiger partial charge in [0.25, 0.3) is 11.6 Å². The van der Waals surface area contributed by atoms with Crippen LogP contribution in [0.1, 0.15) is 49.4 Å². The van der Waals surface area contributed by atoms with Gasteiger partial charge in [-0.1, -0.05) is 6.92 Å². The van der Waals surface area contributed by atoms with Crippen molar-refractivity contribution in [3.8, 4) is 0 Å². The molecule has 0 saturated heterocycles. The Morgan fingerprint density at radius 1 is 1.35 bits per heavy atom. The third-order valence-electron chi connectivity index (χ3n) is 4.33. The third-order valence-corrected chi connectivity index (χ3v) is 4.33. The first-order valence-electron chi connectivity index (χ1n) is 8.42. The summed E-state index contributed by atoms with van der Waals surface area (Å²) in [4.78, 5) is 25.5. The van der Waals surface area contributed by atoms with Gasteiger partial charge in [0, 0.05) is 30.8 Å². The van der Waals surface area contributed by atoms with Crippen LogP contribution in [-0.2, 0) is 0 Å². The van der Waals surface area contributed by atoms with E-state index in [1.54, 1.807) is 12.1 Å². The molecule has 6 heteroatoms. The largest absolute Gasteiger partial charge is 0.377 e. The Bertz CT molecular complexity index is 609. The SMILES string of the molecule is CCCN(CC1CC1)C(=O)c1ccc(NC2CC2)c([N+](=O)[O-])c1. The van der Waals surface area contributed by atoms with E-state index in [0.717, 1.165) is 25.8 Å². The smallest absolute Gasteiger partial charge is 0.293 e. The van der Waals surface area contributed by atoms with Gasteiger partial charge in [-0.25, -0.2) is 0 Å². The van der Waals surface area contributed by atoms with Crippen LogP contribution in [0.4, 0.5) is 11.4 Å². The summed E-state index contributed by atoms with van der Waals surface area (Å²) in [5.74, 6) is 0.510. The van der Waals surface area contributed by atoms with Crippen LogP contribution >= 0.6 is 0 Å². The molecule has 3 rings (SSSR count). The number of nitro benzene ring substituents is 1. The Balaban J connectivity index is 1.80. The molecule has 23 heavy (non-hydrogen) atoms. The van der Waals surface area contributed by atoms with Crippen molar-refractivity contribution in [3.05, 3.63) is 33.9 Å². The van der Waals surface area contributed by atoms with Crippen molar-refractivity contribution in [2.75, 3.05) is 18.4 Å². The molecule has 0 radical (unpaired) electrons. The van der Waals surface area contributed by atoms with Crippen LogP contribution in [0.5, 0.6) is 0 Å². The molecule has 2 fully saturated rings. The minimum absolute atomic E-state index is 0.00868. The highest BCUT2D eigenvalue weighted by Gasteiger charge is 2.29. The molecule has 0 aliphatic heterocycles. The molecule has 124 valence electrons. The van der Waals surface area contributed by atoms with Gasteiger partial charge in [-0.05, 0) is 50.2 Å². The van der Waals surface area contributed by atoms with Gasteiger partial charge in [-0.3, -0.25) is 14.9 Å². The third kappa shape index (κ3) is 4.00. The average molecular weight is 317 g/mol. The fourth-order valence-corrected chi connectivity index (χ4v) is 2.73. The van der Waals surface area contributed by atoms with Crippen molar-refractivity contribution in [1.29, 1.82) is 0 Å². The van der Waals surface area contributed by atoms with Crippen molar-refractivity contribution >= 4 is 17.3 Å². The lowest BCUT2D eigenvalue weighted by Crippen LogP contribution is -2.33. The molecule has 0 atom stereocenters. The lowest BCUT2D eigenvalue weighted by Gasteiger charge is -2.22. The highest BCUT2D eigenvalue weighted by atomic mass is 16.6. The van der Waals surface area contributed by atoms with Gasteiger partial charge in [-0.15, -0.1) is 0 Å². The quantitative estimate of drug-likeness (QED) is 0.589. The number of carbonyl (C=O) groups excluding carboxylic acids is 1. The number of rotatable bonds is 8. The van der Waals surface area contributed by atoms with E-state index in [4.69, 9.17) is 0 Å². The van der Waals surface area contributed by atoms with Crippen LogP contribution in [0.15, 0.2) is 18.2 Å². The number of hydrogen-bond acceptors (Lipinski definition) is 4. The second-order valence-electron chi connectivity index (χ2n) is 6.60. The molecule has 2 saturated carbocycles.